The molecule has 5 heteroatoms. The molecule has 0 bridgehead atoms. The number of ketones is 1. The molecule has 0 saturated heterocycles. The van der Waals surface area contributed by atoms with Crippen LogP contribution in [0.3, 0.4) is 0 Å². The first kappa shape index (κ1) is 16.2. The fourth-order valence-electron chi connectivity index (χ4n) is 2.30. The minimum atomic E-state index is 0. The van der Waals surface area contributed by atoms with Gasteiger partial charge in [0.25, 0.3) is 0 Å². The number of nitrogens with zero attached hydrogens (tertiary/aromatic N) is 1. The molecule has 0 fully saturated rings. The number of carbonyl (C=O) groups excluding carboxylic acids is 1. The second kappa shape index (κ2) is 7.10. The number of thioether (sulfide) groups is 1. The first-order valence-electron chi connectivity index (χ1n) is 6.10. The van der Waals surface area contributed by atoms with Crippen LogP contribution in [0.2, 0.25) is 0 Å². The van der Waals surface area contributed by atoms with Crippen LogP contribution < -0.4 is 5.32 Å². The van der Waals surface area contributed by atoms with E-state index in [1.807, 2.05) is 13.8 Å². The van der Waals surface area contributed by atoms with Crippen LogP contribution in [0.5, 0.6) is 0 Å². The summed E-state index contributed by atoms with van der Waals surface area (Å²) in [7, 11) is 0. The second-order valence-corrected chi connectivity index (χ2v) is 5.56. The highest BCUT2D eigenvalue weighted by Gasteiger charge is 2.15. The Morgan fingerprint density at radius 1 is 1.32 bits per heavy atom. The summed E-state index contributed by atoms with van der Waals surface area (Å²) in [5.41, 5.74) is 4.21. The van der Waals surface area contributed by atoms with Gasteiger partial charge in [0.2, 0.25) is 0 Å². The van der Waals surface area contributed by atoms with E-state index in [1.54, 1.807) is 0 Å². The summed E-state index contributed by atoms with van der Waals surface area (Å²) in [5, 5.41) is 4.06. The predicted molar refractivity (Wildman–Crippen MR) is 88.1 cm³/mol. The lowest BCUT2D eigenvalue weighted by molar-refractivity contribution is 0.102. The molecule has 19 heavy (non-hydrogen) atoms. The molecule has 0 unspecified atom stereocenters. The minimum Gasteiger partial charge on any atom is -0.363 e. The summed E-state index contributed by atoms with van der Waals surface area (Å²) in [5.74, 6) is 0.641. The molecule has 0 amide bonds. The van der Waals surface area contributed by atoms with Gasteiger partial charge in [-0.2, -0.15) is 0 Å². The summed E-state index contributed by atoms with van der Waals surface area (Å²) in [4.78, 5) is 16.5. The number of nitrogens with one attached hydrogen (secondary N) is 1. The van der Waals surface area contributed by atoms with E-state index in [2.05, 4.69) is 29.4 Å². The molecule has 1 aromatic rings. The number of carbonyl (C=O) groups is 1. The van der Waals surface area contributed by atoms with E-state index in [-0.39, 0.29) is 22.8 Å². The lowest BCUT2D eigenvalue weighted by Gasteiger charge is -2.10. The van der Waals surface area contributed by atoms with Crippen LogP contribution in [0.1, 0.15) is 27.0 Å². The highest BCUT2D eigenvalue weighted by atomic mass is 79.9. The van der Waals surface area contributed by atoms with E-state index in [4.69, 9.17) is 0 Å². The molecule has 104 valence electrons. The SMILES string of the molecule is Br.Cc1cc(C)c(C(=O)CSC2=NCCN2)c(C)c1. The summed E-state index contributed by atoms with van der Waals surface area (Å²) >= 11 is 1.50. The largest absolute Gasteiger partial charge is 0.363 e. The third-order valence-electron chi connectivity index (χ3n) is 2.94. The third kappa shape index (κ3) is 4.08. The van der Waals surface area contributed by atoms with Gasteiger partial charge in [0.15, 0.2) is 11.0 Å². The lowest BCUT2D eigenvalue weighted by Crippen LogP contribution is -2.17. The van der Waals surface area contributed by atoms with E-state index < -0.39 is 0 Å². The van der Waals surface area contributed by atoms with Gasteiger partial charge in [-0.1, -0.05) is 29.5 Å². The second-order valence-electron chi connectivity index (χ2n) is 4.60. The van der Waals surface area contributed by atoms with Crippen molar-refractivity contribution >= 4 is 39.7 Å². The van der Waals surface area contributed by atoms with Crippen molar-refractivity contribution in [1.82, 2.24) is 5.32 Å². The van der Waals surface area contributed by atoms with Gasteiger partial charge in [-0.15, -0.1) is 17.0 Å². The van der Waals surface area contributed by atoms with Crippen LogP contribution in [0.4, 0.5) is 0 Å². The molecular weight excluding hydrogens is 324 g/mol. The molecule has 3 nitrogen and oxygen atoms in total. The Morgan fingerprint density at radius 3 is 2.47 bits per heavy atom. The molecule has 1 heterocycles. The van der Waals surface area contributed by atoms with Gasteiger partial charge in [0.1, 0.15) is 0 Å². The van der Waals surface area contributed by atoms with Crippen molar-refractivity contribution in [2.45, 2.75) is 20.8 Å². The Morgan fingerprint density at radius 2 is 1.95 bits per heavy atom. The van der Waals surface area contributed by atoms with E-state index >= 15 is 0 Å². The first-order chi connectivity index (χ1) is 8.58. The normalized spacial score (nSPS) is 13.5. The van der Waals surface area contributed by atoms with Gasteiger partial charge in [-0.25, -0.2) is 0 Å². The van der Waals surface area contributed by atoms with Crippen molar-refractivity contribution in [2.24, 2.45) is 4.99 Å². The van der Waals surface area contributed by atoms with Crippen molar-refractivity contribution in [1.29, 1.82) is 0 Å². The standard InChI is InChI=1S/C14H18N2OS.BrH/c1-9-6-10(2)13(11(3)7-9)12(17)8-18-14-15-4-5-16-14;/h6-7H,4-5,8H2,1-3H3,(H,15,16);1H. The Labute approximate surface area is 129 Å². The van der Waals surface area contributed by atoms with Crippen LogP contribution in [0.25, 0.3) is 0 Å². The fourth-order valence-corrected chi connectivity index (χ4v) is 3.10. The average molecular weight is 343 g/mol. The predicted octanol–water partition coefficient (Wildman–Crippen LogP) is 3.06. The van der Waals surface area contributed by atoms with Crippen molar-refractivity contribution in [2.75, 3.05) is 18.8 Å². The van der Waals surface area contributed by atoms with Gasteiger partial charge < -0.3 is 5.32 Å². The first-order valence-corrected chi connectivity index (χ1v) is 7.08. The Hall–Kier alpha value is -0.810. The number of Topliss-reactive ketones (excluding diaryl/α,β-unsaturated/α-hetero) is 1. The van der Waals surface area contributed by atoms with Crippen molar-refractivity contribution < 1.29 is 4.79 Å². The van der Waals surface area contributed by atoms with E-state index in [0.717, 1.165) is 34.9 Å². The van der Waals surface area contributed by atoms with Crippen LogP contribution in [-0.2, 0) is 0 Å². The Kier molecular flexibility index (Phi) is 6.07. The van der Waals surface area contributed by atoms with Gasteiger partial charge >= 0.3 is 0 Å². The summed E-state index contributed by atoms with van der Waals surface area (Å²) in [6.45, 7) is 7.77. The fraction of sp³-hybridized carbons (Fsp3) is 0.429. The maximum atomic E-state index is 12.3. The monoisotopic (exact) mass is 342 g/mol. The zero-order chi connectivity index (χ0) is 13.1. The van der Waals surface area contributed by atoms with Crippen LogP contribution in [0.15, 0.2) is 17.1 Å². The van der Waals surface area contributed by atoms with Gasteiger partial charge in [-0.05, 0) is 31.9 Å². The molecule has 0 saturated carbocycles. The zero-order valence-electron chi connectivity index (χ0n) is 11.4. The van der Waals surface area contributed by atoms with Gasteiger partial charge in [0, 0.05) is 12.1 Å². The molecule has 1 N–H and O–H groups in total. The molecule has 0 radical (unpaired) electrons. The number of benzene rings is 1. The highest BCUT2D eigenvalue weighted by Crippen LogP contribution is 2.19. The number of hydrogen-bond acceptors (Lipinski definition) is 4. The number of hydrogen-bond donors (Lipinski definition) is 1. The molecule has 1 aromatic carbocycles. The summed E-state index contributed by atoms with van der Waals surface area (Å²) in [6.07, 6.45) is 0. The summed E-state index contributed by atoms with van der Waals surface area (Å²) in [6, 6.07) is 4.13. The number of amidine groups is 1. The lowest BCUT2D eigenvalue weighted by atomic mass is 9.97. The molecule has 1 aliphatic rings. The van der Waals surface area contributed by atoms with E-state index in [1.165, 1.54) is 17.3 Å². The molecule has 0 atom stereocenters. The van der Waals surface area contributed by atoms with Crippen LogP contribution in [-0.4, -0.2) is 29.8 Å². The van der Waals surface area contributed by atoms with Crippen LogP contribution >= 0.6 is 28.7 Å². The topological polar surface area (TPSA) is 41.5 Å². The van der Waals surface area contributed by atoms with Gasteiger partial charge in [-0.3, -0.25) is 9.79 Å². The molecule has 0 spiro atoms. The smallest absolute Gasteiger partial charge is 0.173 e. The van der Waals surface area contributed by atoms with Crippen LogP contribution in [0, 0.1) is 20.8 Å². The van der Waals surface area contributed by atoms with Crippen molar-refractivity contribution in [3.63, 3.8) is 0 Å². The number of rotatable bonds is 3. The minimum absolute atomic E-state index is 0. The molecule has 2 rings (SSSR count). The van der Waals surface area contributed by atoms with E-state index in [0.29, 0.717) is 5.75 Å². The third-order valence-corrected chi connectivity index (χ3v) is 3.89. The molecular formula is C14H19BrN2OS. The van der Waals surface area contributed by atoms with E-state index in [9.17, 15) is 4.79 Å². The maximum Gasteiger partial charge on any atom is 0.173 e. The quantitative estimate of drug-likeness (QED) is 0.858. The number of aryl methyl sites for hydroxylation is 3. The van der Waals surface area contributed by atoms with Crippen molar-refractivity contribution in [3.8, 4) is 0 Å². The molecule has 0 aromatic heterocycles. The number of halogens is 1. The Bertz CT molecular complexity index is 491. The number of aliphatic imine (C=N–C) groups is 1. The average Bonchev–Trinajstić information content (AvgIpc) is 2.77. The van der Waals surface area contributed by atoms with Crippen molar-refractivity contribution in [3.05, 3.63) is 34.4 Å². The van der Waals surface area contributed by atoms with Gasteiger partial charge in [0.05, 0.1) is 12.3 Å². The molecule has 1 aliphatic heterocycles. The maximum absolute atomic E-state index is 12.3. The molecule has 0 aliphatic carbocycles. The zero-order valence-corrected chi connectivity index (χ0v) is 14.0. The Balaban J connectivity index is 0.00000180. The highest BCUT2D eigenvalue weighted by molar-refractivity contribution is 8.93. The summed E-state index contributed by atoms with van der Waals surface area (Å²) < 4.78 is 0.